The van der Waals surface area contributed by atoms with Crippen LogP contribution in [0.15, 0.2) is 42.5 Å². The van der Waals surface area contributed by atoms with E-state index in [0.29, 0.717) is 22.1 Å². The lowest BCUT2D eigenvalue weighted by Crippen LogP contribution is -2.17. The summed E-state index contributed by atoms with van der Waals surface area (Å²) < 4.78 is 10.4. The lowest BCUT2D eigenvalue weighted by molar-refractivity contribution is -0.136. The molecule has 0 fully saturated rings. The second-order valence-electron chi connectivity index (χ2n) is 4.31. The van der Waals surface area contributed by atoms with Gasteiger partial charge in [0.15, 0.2) is 6.61 Å². The molecule has 0 N–H and O–H groups in total. The van der Waals surface area contributed by atoms with Crippen molar-refractivity contribution in [1.82, 2.24) is 0 Å². The molecule has 0 aliphatic rings. The highest BCUT2D eigenvalue weighted by atomic mass is 35.5. The summed E-state index contributed by atoms with van der Waals surface area (Å²) in [4.78, 5) is 11.7. The van der Waals surface area contributed by atoms with Crippen molar-refractivity contribution in [2.75, 3.05) is 6.61 Å². The molecule has 0 aliphatic carbocycles. The van der Waals surface area contributed by atoms with Crippen LogP contribution < -0.4 is 9.47 Å². The van der Waals surface area contributed by atoms with Gasteiger partial charge < -0.3 is 9.47 Å². The molecule has 0 amide bonds. The van der Waals surface area contributed by atoms with Gasteiger partial charge in [0.25, 0.3) is 0 Å². The van der Waals surface area contributed by atoms with E-state index in [-0.39, 0.29) is 6.61 Å². The molecule has 0 radical (unpaired) electrons. The van der Waals surface area contributed by atoms with Crippen LogP contribution in [-0.2, 0) is 4.79 Å². The van der Waals surface area contributed by atoms with Crippen LogP contribution in [0.5, 0.6) is 11.5 Å². The minimum absolute atomic E-state index is 0.215. The van der Waals surface area contributed by atoms with Crippen molar-refractivity contribution >= 4 is 17.6 Å². The molecule has 0 atom stereocenters. The van der Waals surface area contributed by atoms with Crippen molar-refractivity contribution in [2.24, 2.45) is 0 Å². The van der Waals surface area contributed by atoms with Crippen LogP contribution in [0.2, 0.25) is 5.02 Å². The van der Waals surface area contributed by atoms with E-state index in [9.17, 15) is 4.79 Å². The van der Waals surface area contributed by atoms with Crippen LogP contribution in [-0.4, -0.2) is 12.6 Å². The van der Waals surface area contributed by atoms with E-state index >= 15 is 0 Å². The summed E-state index contributed by atoms with van der Waals surface area (Å²) in [6.07, 6.45) is 0. The smallest absolute Gasteiger partial charge is 0.349 e. The number of aryl methyl sites for hydroxylation is 1. The number of esters is 1. The second kappa shape index (κ2) is 6.78. The van der Waals surface area contributed by atoms with Crippen LogP contribution in [0.3, 0.4) is 0 Å². The van der Waals surface area contributed by atoms with Crippen molar-refractivity contribution in [3.63, 3.8) is 0 Å². The number of carbonyl (C=O) groups excluding carboxylic acids is 1. The van der Waals surface area contributed by atoms with Gasteiger partial charge in [0.1, 0.15) is 11.5 Å². The number of halogens is 1. The highest BCUT2D eigenvalue weighted by molar-refractivity contribution is 6.31. The molecule has 2 rings (SSSR count). The molecule has 0 bridgehead atoms. The number of hydrogen-bond donors (Lipinski definition) is 0. The second-order valence-corrected chi connectivity index (χ2v) is 4.72. The van der Waals surface area contributed by atoms with Gasteiger partial charge in [-0.3, -0.25) is 0 Å². The van der Waals surface area contributed by atoms with Gasteiger partial charge in [-0.2, -0.15) is 5.26 Å². The number of nitrogens with zero attached hydrogens (tertiary/aromatic N) is 1. The maximum atomic E-state index is 11.7. The van der Waals surface area contributed by atoms with Gasteiger partial charge in [0.2, 0.25) is 0 Å². The Kier molecular flexibility index (Phi) is 4.81. The van der Waals surface area contributed by atoms with Gasteiger partial charge in [-0.15, -0.1) is 0 Å². The standard InChI is InChI=1S/C16H12ClNO3/c1-11-8-14(6-7-15(11)17)21-16(19)10-20-13-4-2-12(9-18)3-5-13/h2-8H,10H2,1H3. The lowest BCUT2D eigenvalue weighted by atomic mass is 10.2. The molecule has 106 valence electrons. The van der Waals surface area contributed by atoms with E-state index in [1.165, 1.54) is 0 Å². The Morgan fingerprint density at radius 3 is 2.48 bits per heavy atom. The summed E-state index contributed by atoms with van der Waals surface area (Å²) in [5, 5.41) is 9.29. The van der Waals surface area contributed by atoms with Gasteiger partial charge in [-0.05, 0) is 55.0 Å². The molecule has 21 heavy (non-hydrogen) atoms. The van der Waals surface area contributed by atoms with E-state index in [4.69, 9.17) is 26.3 Å². The highest BCUT2D eigenvalue weighted by Crippen LogP contribution is 2.21. The monoisotopic (exact) mass is 301 g/mol. The molecule has 0 saturated heterocycles. The molecule has 0 saturated carbocycles. The average molecular weight is 302 g/mol. The van der Waals surface area contributed by atoms with E-state index in [1.54, 1.807) is 42.5 Å². The first kappa shape index (κ1) is 14.9. The van der Waals surface area contributed by atoms with Gasteiger partial charge >= 0.3 is 5.97 Å². The molecule has 2 aromatic carbocycles. The van der Waals surface area contributed by atoms with Crippen LogP contribution in [0.1, 0.15) is 11.1 Å². The predicted molar refractivity (Wildman–Crippen MR) is 78.5 cm³/mol. The van der Waals surface area contributed by atoms with E-state index in [1.807, 2.05) is 13.0 Å². The molecule has 5 heteroatoms. The third-order valence-electron chi connectivity index (χ3n) is 2.70. The van der Waals surface area contributed by atoms with Gasteiger partial charge in [0, 0.05) is 5.02 Å². The SMILES string of the molecule is Cc1cc(OC(=O)COc2ccc(C#N)cc2)ccc1Cl. The Hall–Kier alpha value is -2.51. The van der Waals surface area contributed by atoms with E-state index in [2.05, 4.69) is 0 Å². The topological polar surface area (TPSA) is 59.3 Å². The first-order valence-corrected chi connectivity index (χ1v) is 6.56. The number of nitriles is 1. The van der Waals surface area contributed by atoms with Crippen molar-refractivity contribution in [3.8, 4) is 17.6 Å². The zero-order valence-corrected chi connectivity index (χ0v) is 12.1. The van der Waals surface area contributed by atoms with Crippen molar-refractivity contribution in [2.45, 2.75) is 6.92 Å². The predicted octanol–water partition coefficient (Wildman–Crippen LogP) is 3.50. The van der Waals surface area contributed by atoms with Crippen LogP contribution in [0.4, 0.5) is 0 Å². The molecule has 0 aliphatic heterocycles. The van der Waals surface area contributed by atoms with Crippen LogP contribution in [0.25, 0.3) is 0 Å². The summed E-state index contributed by atoms with van der Waals surface area (Å²) in [5.41, 5.74) is 1.36. The summed E-state index contributed by atoms with van der Waals surface area (Å²) in [7, 11) is 0. The fourth-order valence-corrected chi connectivity index (χ4v) is 1.73. The largest absolute Gasteiger partial charge is 0.482 e. The van der Waals surface area contributed by atoms with E-state index < -0.39 is 5.97 Å². The Morgan fingerprint density at radius 1 is 1.19 bits per heavy atom. The number of hydrogen-bond acceptors (Lipinski definition) is 4. The summed E-state index contributed by atoms with van der Waals surface area (Å²) in [6, 6.07) is 13.4. The van der Waals surface area contributed by atoms with Crippen LogP contribution in [0, 0.1) is 18.3 Å². The Morgan fingerprint density at radius 2 is 1.86 bits per heavy atom. The van der Waals surface area contributed by atoms with E-state index in [0.717, 1.165) is 5.56 Å². The molecular weight excluding hydrogens is 290 g/mol. The zero-order valence-electron chi connectivity index (χ0n) is 11.3. The van der Waals surface area contributed by atoms with Crippen molar-refractivity contribution in [1.29, 1.82) is 5.26 Å². The quantitative estimate of drug-likeness (QED) is 0.640. The van der Waals surface area contributed by atoms with Gasteiger partial charge in [-0.1, -0.05) is 11.6 Å². The minimum atomic E-state index is -0.513. The van der Waals surface area contributed by atoms with Crippen molar-refractivity contribution in [3.05, 3.63) is 58.6 Å². The molecule has 0 aromatic heterocycles. The van der Waals surface area contributed by atoms with Crippen molar-refractivity contribution < 1.29 is 14.3 Å². The fourth-order valence-electron chi connectivity index (χ4n) is 1.61. The zero-order chi connectivity index (χ0) is 15.2. The fraction of sp³-hybridized carbons (Fsp3) is 0.125. The molecule has 0 unspecified atom stereocenters. The molecule has 2 aromatic rings. The molecular formula is C16H12ClNO3. The van der Waals surface area contributed by atoms with Crippen LogP contribution >= 0.6 is 11.6 Å². The number of benzene rings is 2. The maximum Gasteiger partial charge on any atom is 0.349 e. The average Bonchev–Trinajstić information content (AvgIpc) is 2.49. The summed E-state index contributed by atoms with van der Waals surface area (Å²) in [5.74, 6) is 0.407. The third-order valence-corrected chi connectivity index (χ3v) is 3.13. The molecule has 4 nitrogen and oxygen atoms in total. The first-order valence-electron chi connectivity index (χ1n) is 6.18. The Labute approximate surface area is 127 Å². The minimum Gasteiger partial charge on any atom is -0.482 e. The molecule has 0 spiro atoms. The molecule has 0 heterocycles. The lowest BCUT2D eigenvalue weighted by Gasteiger charge is -2.07. The maximum absolute atomic E-state index is 11.7. The summed E-state index contributed by atoms with van der Waals surface area (Å²) >= 11 is 5.90. The van der Waals surface area contributed by atoms with Gasteiger partial charge in [0.05, 0.1) is 11.6 Å². The Balaban J connectivity index is 1.89. The first-order chi connectivity index (χ1) is 10.1. The summed E-state index contributed by atoms with van der Waals surface area (Å²) in [6.45, 7) is 1.61. The normalized spacial score (nSPS) is 9.76. The van der Waals surface area contributed by atoms with Gasteiger partial charge in [-0.25, -0.2) is 4.79 Å². The number of carbonyl (C=O) groups is 1. The number of rotatable bonds is 4. The highest BCUT2D eigenvalue weighted by Gasteiger charge is 2.07. The third kappa shape index (κ3) is 4.23. The Bertz CT molecular complexity index is 690. The number of ether oxygens (including phenoxy) is 2.